The minimum atomic E-state index is -0.412. The molecule has 1 aliphatic rings. The second kappa shape index (κ2) is 7.91. The highest BCUT2D eigenvalue weighted by atomic mass is 32.2. The molecule has 136 valence electrons. The van der Waals surface area contributed by atoms with Crippen LogP contribution < -0.4 is 15.0 Å². The Morgan fingerprint density at radius 2 is 2.00 bits per heavy atom. The third kappa shape index (κ3) is 5.22. The number of carbonyl (C=O) groups is 3. The largest absolute Gasteiger partial charge is 0.495 e. The van der Waals surface area contributed by atoms with Crippen LogP contribution in [0.1, 0.15) is 27.2 Å². The third-order valence-electron chi connectivity index (χ3n) is 3.67. The van der Waals surface area contributed by atoms with Crippen molar-refractivity contribution < 1.29 is 19.1 Å². The lowest BCUT2D eigenvalue weighted by atomic mass is 10.1. The van der Waals surface area contributed by atoms with Crippen molar-refractivity contribution in [1.29, 1.82) is 0 Å². The Labute approximate surface area is 152 Å². The first-order valence-corrected chi connectivity index (χ1v) is 9.11. The van der Waals surface area contributed by atoms with E-state index in [-0.39, 0.29) is 29.9 Å². The van der Waals surface area contributed by atoms with Crippen LogP contribution in [0.5, 0.6) is 5.75 Å². The van der Waals surface area contributed by atoms with Gasteiger partial charge in [0, 0.05) is 17.7 Å². The maximum atomic E-state index is 13.0. The highest BCUT2D eigenvalue weighted by molar-refractivity contribution is 8.14. The van der Waals surface area contributed by atoms with Crippen molar-refractivity contribution in [3.63, 3.8) is 0 Å². The summed E-state index contributed by atoms with van der Waals surface area (Å²) in [7, 11) is 1.52. The Morgan fingerprint density at radius 3 is 2.56 bits per heavy atom. The number of carbonyl (C=O) groups excluding carboxylic acids is 3. The van der Waals surface area contributed by atoms with Crippen molar-refractivity contribution in [2.75, 3.05) is 24.3 Å². The number of ether oxygens (including phenoxy) is 1. The fraction of sp³-hybridized carbons (Fsp3) is 0.500. The van der Waals surface area contributed by atoms with Gasteiger partial charge in [0.25, 0.3) is 0 Å². The predicted molar refractivity (Wildman–Crippen MR) is 98.8 cm³/mol. The number of hydrogen-bond acceptors (Lipinski definition) is 5. The van der Waals surface area contributed by atoms with E-state index < -0.39 is 11.5 Å². The number of anilines is 1. The Kier molecular flexibility index (Phi) is 6.11. The molecule has 0 spiro atoms. The van der Waals surface area contributed by atoms with E-state index in [0.717, 1.165) is 0 Å². The number of hydrogen-bond donors (Lipinski definition) is 1. The molecule has 1 N–H and O–H groups in total. The van der Waals surface area contributed by atoms with Crippen molar-refractivity contribution in [3.8, 4) is 5.75 Å². The van der Waals surface area contributed by atoms with E-state index in [0.29, 0.717) is 17.2 Å². The molecule has 1 saturated heterocycles. The Bertz CT molecular complexity index is 669. The summed E-state index contributed by atoms with van der Waals surface area (Å²) in [6.45, 7) is 5.52. The number of methoxy groups -OCH3 is 1. The minimum Gasteiger partial charge on any atom is -0.495 e. The fourth-order valence-electron chi connectivity index (χ4n) is 2.63. The van der Waals surface area contributed by atoms with Gasteiger partial charge >= 0.3 is 0 Å². The molecule has 1 aromatic carbocycles. The zero-order valence-electron chi connectivity index (χ0n) is 15.0. The van der Waals surface area contributed by atoms with Gasteiger partial charge in [-0.25, -0.2) is 0 Å². The number of para-hydroxylation sites is 2. The SMILES string of the molecule is COc1ccccc1N(CC(=O)NC(C)(C)C)C(=O)[C@H]1CSC(=O)C1. The molecular formula is C18H24N2O4S. The molecule has 1 heterocycles. The second-order valence-corrected chi connectivity index (χ2v) is 8.06. The molecule has 1 aromatic rings. The molecule has 0 unspecified atom stereocenters. The van der Waals surface area contributed by atoms with Crippen LogP contribution >= 0.6 is 11.8 Å². The number of thioether (sulfide) groups is 1. The molecule has 0 saturated carbocycles. The van der Waals surface area contributed by atoms with E-state index in [1.54, 1.807) is 24.3 Å². The van der Waals surface area contributed by atoms with Crippen LogP contribution in [0.4, 0.5) is 5.69 Å². The monoisotopic (exact) mass is 364 g/mol. The van der Waals surface area contributed by atoms with Crippen LogP contribution in [-0.4, -0.2) is 41.9 Å². The smallest absolute Gasteiger partial charge is 0.240 e. The van der Waals surface area contributed by atoms with Crippen LogP contribution in [0.2, 0.25) is 0 Å². The van der Waals surface area contributed by atoms with Gasteiger partial charge in [-0.2, -0.15) is 0 Å². The van der Waals surface area contributed by atoms with Crippen LogP contribution in [0.25, 0.3) is 0 Å². The normalized spacial score (nSPS) is 17.3. The summed E-state index contributed by atoms with van der Waals surface area (Å²) in [6.07, 6.45) is 0.204. The summed E-state index contributed by atoms with van der Waals surface area (Å²) >= 11 is 1.17. The summed E-state index contributed by atoms with van der Waals surface area (Å²) in [5.41, 5.74) is 0.134. The number of amides is 2. The molecule has 2 rings (SSSR count). The van der Waals surface area contributed by atoms with Crippen LogP contribution in [0, 0.1) is 5.92 Å². The lowest BCUT2D eigenvalue weighted by Crippen LogP contribution is -2.48. The van der Waals surface area contributed by atoms with E-state index in [4.69, 9.17) is 4.74 Å². The van der Waals surface area contributed by atoms with Gasteiger partial charge in [0.05, 0.1) is 18.7 Å². The predicted octanol–water partition coefficient (Wildman–Crippen LogP) is 2.22. The van der Waals surface area contributed by atoms with Crippen molar-refractivity contribution in [2.24, 2.45) is 5.92 Å². The molecule has 1 fully saturated rings. The molecule has 7 heteroatoms. The number of benzene rings is 1. The van der Waals surface area contributed by atoms with Crippen molar-refractivity contribution in [3.05, 3.63) is 24.3 Å². The zero-order valence-corrected chi connectivity index (χ0v) is 15.8. The second-order valence-electron chi connectivity index (χ2n) is 6.98. The lowest BCUT2D eigenvalue weighted by Gasteiger charge is -2.28. The molecule has 1 atom stereocenters. The first-order valence-electron chi connectivity index (χ1n) is 8.12. The summed E-state index contributed by atoms with van der Waals surface area (Å²) in [5, 5.41) is 2.88. The molecule has 0 radical (unpaired) electrons. The average Bonchev–Trinajstić information content (AvgIpc) is 2.97. The topological polar surface area (TPSA) is 75.7 Å². The van der Waals surface area contributed by atoms with Gasteiger partial charge in [0.15, 0.2) is 5.12 Å². The van der Waals surface area contributed by atoms with Crippen LogP contribution in [0.3, 0.4) is 0 Å². The molecule has 6 nitrogen and oxygen atoms in total. The van der Waals surface area contributed by atoms with E-state index in [2.05, 4.69) is 5.32 Å². The molecule has 2 amide bonds. The average molecular weight is 364 g/mol. The maximum Gasteiger partial charge on any atom is 0.240 e. The van der Waals surface area contributed by atoms with Crippen LogP contribution in [-0.2, 0) is 14.4 Å². The van der Waals surface area contributed by atoms with Crippen molar-refractivity contribution in [1.82, 2.24) is 5.32 Å². The molecule has 25 heavy (non-hydrogen) atoms. The van der Waals surface area contributed by atoms with Gasteiger partial charge < -0.3 is 10.1 Å². The number of nitrogens with zero attached hydrogens (tertiary/aromatic N) is 1. The van der Waals surface area contributed by atoms with Gasteiger partial charge in [-0.3, -0.25) is 19.3 Å². The van der Waals surface area contributed by atoms with Gasteiger partial charge in [0.1, 0.15) is 12.3 Å². The molecule has 0 aliphatic carbocycles. The van der Waals surface area contributed by atoms with Gasteiger partial charge in [0.2, 0.25) is 11.8 Å². The highest BCUT2D eigenvalue weighted by Gasteiger charge is 2.34. The summed E-state index contributed by atoms with van der Waals surface area (Å²) in [6, 6.07) is 7.07. The van der Waals surface area contributed by atoms with Crippen LogP contribution in [0.15, 0.2) is 24.3 Å². The molecule has 0 aromatic heterocycles. The molecule has 0 bridgehead atoms. The van der Waals surface area contributed by atoms with Gasteiger partial charge in [-0.1, -0.05) is 23.9 Å². The Hall–Kier alpha value is -2.02. The summed E-state index contributed by atoms with van der Waals surface area (Å²) < 4.78 is 5.34. The van der Waals surface area contributed by atoms with Crippen molar-refractivity contribution in [2.45, 2.75) is 32.7 Å². The Balaban J connectivity index is 2.29. The standard InChI is InChI=1S/C18H24N2O4S/c1-18(2,3)19-15(21)10-20(13-7-5-6-8-14(13)24-4)17(23)12-9-16(22)25-11-12/h5-8,12H,9-11H2,1-4H3,(H,19,21)/t12-/m1/s1. The molecular weight excluding hydrogens is 340 g/mol. The maximum absolute atomic E-state index is 13.0. The lowest BCUT2D eigenvalue weighted by molar-refractivity contribution is -0.126. The van der Waals surface area contributed by atoms with E-state index in [9.17, 15) is 14.4 Å². The summed E-state index contributed by atoms with van der Waals surface area (Å²) in [4.78, 5) is 38.4. The van der Waals surface area contributed by atoms with Crippen molar-refractivity contribution >= 4 is 34.4 Å². The first kappa shape index (κ1) is 19.3. The number of rotatable bonds is 5. The van der Waals surface area contributed by atoms with E-state index in [1.807, 2.05) is 20.8 Å². The zero-order chi connectivity index (χ0) is 18.6. The number of nitrogens with one attached hydrogen (secondary N) is 1. The third-order valence-corrected chi connectivity index (χ3v) is 4.72. The fourth-order valence-corrected chi connectivity index (χ4v) is 3.59. The molecule has 1 aliphatic heterocycles. The van der Waals surface area contributed by atoms with E-state index >= 15 is 0 Å². The van der Waals surface area contributed by atoms with Gasteiger partial charge in [-0.15, -0.1) is 0 Å². The first-order chi connectivity index (χ1) is 11.7. The summed E-state index contributed by atoms with van der Waals surface area (Å²) in [5.74, 6) is 0.0568. The van der Waals surface area contributed by atoms with E-state index in [1.165, 1.54) is 23.8 Å². The minimum absolute atomic E-state index is 0.0115. The quantitative estimate of drug-likeness (QED) is 0.867. The highest BCUT2D eigenvalue weighted by Crippen LogP contribution is 2.32. The Morgan fingerprint density at radius 1 is 1.32 bits per heavy atom. The van der Waals surface area contributed by atoms with Gasteiger partial charge in [-0.05, 0) is 32.9 Å².